The first-order chi connectivity index (χ1) is 10.1. The Morgan fingerprint density at radius 2 is 2.10 bits per heavy atom. The number of hydrogen-bond donors (Lipinski definition) is 2. The Kier molecular flexibility index (Phi) is 7.61. The van der Waals surface area contributed by atoms with E-state index in [4.69, 9.17) is 9.47 Å². The maximum atomic E-state index is 11.7. The minimum atomic E-state index is -0.110. The lowest BCUT2D eigenvalue weighted by Gasteiger charge is -2.14. The van der Waals surface area contributed by atoms with Gasteiger partial charge in [-0.25, -0.2) is 0 Å². The molecule has 0 radical (unpaired) electrons. The molecule has 1 rings (SSSR count). The van der Waals surface area contributed by atoms with E-state index in [1.54, 1.807) is 7.11 Å². The third-order valence-corrected chi connectivity index (χ3v) is 2.91. The highest BCUT2D eigenvalue weighted by Gasteiger charge is 2.09. The summed E-state index contributed by atoms with van der Waals surface area (Å²) in [7, 11) is 1.61. The van der Waals surface area contributed by atoms with Gasteiger partial charge in [0.1, 0.15) is 11.5 Å². The van der Waals surface area contributed by atoms with E-state index in [9.17, 15) is 4.79 Å². The van der Waals surface area contributed by atoms with Crippen LogP contribution in [0.3, 0.4) is 0 Å². The van der Waals surface area contributed by atoms with Crippen molar-refractivity contribution >= 4 is 5.91 Å². The largest absolute Gasteiger partial charge is 0.497 e. The summed E-state index contributed by atoms with van der Waals surface area (Å²) in [5, 5.41) is 6.08. The van der Waals surface area contributed by atoms with E-state index in [0.29, 0.717) is 30.5 Å². The topological polar surface area (TPSA) is 59.6 Å². The van der Waals surface area contributed by atoms with Gasteiger partial charge in [-0.05, 0) is 18.5 Å². The second kappa shape index (κ2) is 9.23. The van der Waals surface area contributed by atoms with Crippen LogP contribution in [-0.4, -0.2) is 32.7 Å². The first-order valence-corrected chi connectivity index (χ1v) is 7.34. The number of rotatable bonds is 9. The van der Waals surface area contributed by atoms with Crippen molar-refractivity contribution in [3.63, 3.8) is 0 Å². The third-order valence-electron chi connectivity index (χ3n) is 2.91. The normalized spacial score (nSPS) is 10.5. The number of hydrogen-bond acceptors (Lipinski definition) is 4. The van der Waals surface area contributed by atoms with Crippen molar-refractivity contribution in [3.05, 3.63) is 23.8 Å². The Morgan fingerprint density at radius 3 is 2.71 bits per heavy atom. The molecule has 0 aliphatic rings. The molecule has 1 aromatic carbocycles. The van der Waals surface area contributed by atoms with Crippen LogP contribution in [0.25, 0.3) is 0 Å². The molecule has 118 valence electrons. The number of carbonyl (C=O) groups excluding carboxylic acids is 1. The number of methoxy groups -OCH3 is 1. The van der Waals surface area contributed by atoms with Gasteiger partial charge in [0.15, 0.2) is 6.61 Å². The lowest BCUT2D eigenvalue weighted by Crippen LogP contribution is -2.31. The molecule has 0 saturated heterocycles. The second-order valence-corrected chi connectivity index (χ2v) is 5.24. The zero-order valence-electron chi connectivity index (χ0n) is 13.4. The average molecular weight is 294 g/mol. The first-order valence-electron chi connectivity index (χ1n) is 7.34. The van der Waals surface area contributed by atoms with Gasteiger partial charge in [-0.15, -0.1) is 0 Å². The predicted octanol–water partition coefficient (Wildman–Crippen LogP) is 1.96. The van der Waals surface area contributed by atoms with E-state index in [-0.39, 0.29) is 12.5 Å². The Balaban J connectivity index is 2.63. The van der Waals surface area contributed by atoms with Gasteiger partial charge in [0, 0.05) is 24.7 Å². The van der Waals surface area contributed by atoms with Crippen LogP contribution in [0.4, 0.5) is 0 Å². The van der Waals surface area contributed by atoms with Crippen LogP contribution in [0.5, 0.6) is 11.5 Å². The van der Waals surface area contributed by atoms with Crippen molar-refractivity contribution in [2.45, 2.75) is 27.3 Å². The SMILES string of the molecule is CCNCc1ccc(OC)cc1OCC(=O)NCC(C)C. The zero-order chi connectivity index (χ0) is 15.7. The van der Waals surface area contributed by atoms with E-state index in [2.05, 4.69) is 24.5 Å². The molecule has 0 atom stereocenters. The van der Waals surface area contributed by atoms with Gasteiger partial charge in [-0.3, -0.25) is 4.79 Å². The minimum Gasteiger partial charge on any atom is -0.497 e. The molecule has 0 aliphatic carbocycles. The molecule has 0 aromatic heterocycles. The van der Waals surface area contributed by atoms with E-state index in [1.165, 1.54) is 0 Å². The quantitative estimate of drug-likeness (QED) is 0.731. The molecule has 0 saturated carbocycles. The fourth-order valence-corrected chi connectivity index (χ4v) is 1.71. The molecule has 0 unspecified atom stereocenters. The van der Waals surface area contributed by atoms with Crippen LogP contribution in [0.1, 0.15) is 26.3 Å². The summed E-state index contributed by atoms with van der Waals surface area (Å²) in [6.45, 7) is 8.40. The molecular weight excluding hydrogens is 268 g/mol. The summed E-state index contributed by atoms with van der Waals surface area (Å²) < 4.78 is 10.8. The van der Waals surface area contributed by atoms with Gasteiger partial charge in [-0.1, -0.05) is 26.8 Å². The van der Waals surface area contributed by atoms with E-state index in [1.807, 2.05) is 25.1 Å². The van der Waals surface area contributed by atoms with Crippen LogP contribution >= 0.6 is 0 Å². The molecule has 0 fully saturated rings. The zero-order valence-corrected chi connectivity index (χ0v) is 13.4. The van der Waals surface area contributed by atoms with E-state index >= 15 is 0 Å². The molecule has 1 amide bonds. The highest BCUT2D eigenvalue weighted by Crippen LogP contribution is 2.24. The minimum absolute atomic E-state index is 0.0129. The van der Waals surface area contributed by atoms with Crippen molar-refractivity contribution in [1.29, 1.82) is 0 Å². The Morgan fingerprint density at radius 1 is 1.33 bits per heavy atom. The standard InChI is InChI=1S/C16H26N2O3/c1-5-17-10-13-6-7-14(20-4)8-15(13)21-11-16(19)18-9-12(2)3/h6-8,12,17H,5,9-11H2,1-4H3,(H,18,19). The molecule has 0 aliphatic heterocycles. The molecule has 0 bridgehead atoms. The highest BCUT2D eigenvalue weighted by atomic mass is 16.5. The van der Waals surface area contributed by atoms with Gasteiger partial charge >= 0.3 is 0 Å². The van der Waals surface area contributed by atoms with Crippen LogP contribution in [0, 0.1) is 5.92 Å². The maximum absolute atomic E-state index is 11.7. The lowest BCUT2D eigenvalue weighted by atomic mass is 10.2. The fraction of sp³-hybridized carbons (Fsp3) is 0.562. The summed E-state index contributed by atoms with van der Waals surface area (Å²) in [5.41, 5.74) is 1.01. The lowest BCUT2D eigenvalue weighted by molar-refractivity contribution is -0.123. The molecule has 2 N–H and O–H groups in total. The Bertz CT molecular complexity index is 447. The van der Waals surface area contributed by atoms with E-state index in [0.717, 1.165) is 12.1 Å². The van der Waals surface area contributed by atoms with Gasteiger partial charge < -0.3 is 20.1 Å². The first kappa shape index (κ1) is 17.3. The molecule has 21 heavy (non-hydrogen) atoms. The van der Waals surface area contributed by atoms with Crippen LogP contribution in [-0.2, 0) is 11.3 Å². The van der Waals surface area contributed by atoms with Crippen LogP contribution in [0.2, 0.25) is 0 Å². The Hall–Kier alpha value is -1.75. The van der Waals surface area contributed by atoms with Gasteiger partial charge in [-0.2, -0.15) is 0 Å². The van der Waals surface area contributed by atoms with Gasteiger partial charge in [0.25, 0.3) is 5.91 Å². The number of carbonyl (C=O) groups is 1. The molecule has 0 heterocycles. The summed E-state index contributed by atoms with van der Waals surface area (Å²) >= 11 is 0. The summed E-state index contributed by atoms with van der Waals surface area (Å²) in [6, 6.07) is 5.64. The fourth-order valence-electron chi connectivity index (χ4n) is 1.71. The smallest absolute Gasteiger partial charge is 0.257 e. The van der Waals surface area contributed by atoms with Crippen molar-refractivity contribution in [2.24, 2.45) is 5.92 Å². The van der Waals surface area contributed by atoms with Crippen LogP contribution < -0.4 is 20.1 Å². The Labute approximate surface area is 127 Å². The van der Waals surface area contributed by atoms with Gasteiger partial charge in [0.2, 0.25) is 0 Å². The van der Waals surface area contributed by atoms with Crippen molar-refractivity contribution in [1.82, 2.24) is 10.6 Å². The molecule has 5 heteroatoms. The monoisotopic (exact) mass is 294 g/mol. The number of benzene rings is 1. The highest BCUT2D eigenvalue weighted by molar-refractivity contribution is 5.77. The second-order valence-electron chi connectivity index (χ2n) is 5.24. The van der Waals surface area contributed by atoms with Crippen molar-refractivity contribution < 1.29 is 14.3 Å². The molecule has 1 aromatic rings. The summed E-state index contributed by atoms with van der Waals surface area (Å²) in [4.78, 5) is 11.7. The summed E-state index contributed by atoms with van der Waals surface area (Å²) in [6.07, 6.45) is 0. The number of amides is 1. The third kappa shape index (κ3) is 6.49. The van der Waals surface area contributed by atoms with Crippen LogP contribution in [0.15, 0.2) is 18.2 Å². The average Bonchev–Trinajstić information content (AvgIpc) is 2.49. The molecule has 5 nitrogen and oxygen atoms in total. The molecular formula is C16H26N2O3. The summed E-state index contributed by atoms with van der Waals surface area (Å²) in [5.74, 6) is 1.71. The predicted molar refractivity (Wildman–Crippen MR) is 83.7 cm³/mol. The maximum Gasteiger partial charge on any atom is 0.257 e. The number of nitrogens with one attached hydrogen (secondary N) is 2. The van der Waals surface area contributed by atoms with Gasteiger partial charge in [0.05, 0.1) is 7.11 Å². The van der Waals surface area contributed by atoms with Crippen molar-refractivity contribution in [2.75, 3.05) is 26.8 Å². The molecule has 0 spiro atoms. The van der Waals surface area contributed by atoms with Crippen molar-refractivity contribution in [3.8, 4) is 11.5 Å². The van der Waals surface area contributed by atoms with E-state index < -0.39 is 0 Å². The number of ether oxygens (including phenoxy) is 2.